The summed E-state index contributed by atoms with van der Waals surface area (Å²) in [6.45, 7) is 1.53. The molecular weight excluding hydrogens is 316 g/mol. The fraction of sp³-hybridized carbons (Fsp3) is 0.154. The predicted octanol–water partition coefficient (Wildman–Crippen LogP) is 2.21. The summed E-state index contributed by atoms with van der Waals surface area (Å²) >= 11 is 6.82. The summed E-state index contributed by atoms with van der Waals surface area (Å²) in [6.07, 6.45) is 0. The lowest BCUT2D eigenvalue weighted by molar-refractivity contribution is -0.116. The standard InChI is InChI=1S/C13H11ClN2O4S/c1-7-6-21-13(20)16(7)5-10(17)15-9-4-2-3-8(14)11(9)12(18)19/h2-4,6H,5H2,1H3,(H,15,17)(H,18,19). The molecule has 0 saturated heterocycles. The number of carbonyl (C=O) groups excluding carboxylic acids is 1. The third kappa shape index (κ3) is 3.32. The van der Waals surface area contributed by atoms with E-state index in [1.165, 1.54) is 22.8 Å². The zero-order valence-electron chi connectivity index (χ0n) is 10.9. The maximum Gasteiger partial charge on any atom is 0.339 e. The molecule has 0 aliphatic carbocycles. The van der Waals surface area contributed by atoms with Gasteiger partial charge in [-0.25, -0.2) is 4.79 Å². The van der Waals surface area contributed by atoms with Crippen LogP contribution in [0.15, 0.2) is 28.4 Å². The monoisotopic (exact) mass is 326 g/mol. The molecule has 2 aromatic rings. The number of hydrogen-bond acceptors (Lipinski definition) is 4. The van der Waals surface area contributed by atoms with Crippen LogP contribution >= 0.6 is 22.9 Å². The van der Waals surface area contributed by atoms with Crippen LogP contribution in [0.1, 0.15) is 16.1 Å². The lowest BCUT2D eigenvalue weighted by Gasteiger charge is -2.10. The van der Waals surface area contributed by atoms with E-state index >= 15 is 0 Å². The van der Waals surface area contributed by atoms with Crippen LogP contribution in [-0.4, -0.2) is 21.6 Å². The molecule has 0 aliphatic heterocycles. The number of aromatic carboxylic acids is 1. The van der Waals surface area contributed by atoms with Crippen LogP contribution in [0.2, 0.25) is 5.02 Å². The minimum atomic E-state index is -1.24. The molecule has 0 saturated carbocycles. The van der Waals surface area contributed by atoms with Crippen molar-refractivity contribution in [2.24, 2.45) is 0 Å². The number of hydrogen-bond donors (Lipinski definition) is 2. The van der Waals surface area contributed by atoms with E-state index in [0.717, 1.165) is 11.3 Å². The molecule has 2 rings (SSSR count). The van der Waals surface area contributed by atoms with E-state index in [1.807, 2.05) is 0 Å². The largest absolute Gasteiger partial charge is 0.478 e. The average Bonchev–Trinajstić information content (AvgIpc) is 2.70. The normalized spacial score (nSPS) is 10.4. The fourth-order valence-electron chi connectivity index (χ4n) is 1.78. The summed E-state index contributed by atoms with van der Waals surface area (Å²) in [6, 6.07) is 4.40. The van der Waals surface area contributed by atoms with E-state index in [2.05, 4.69) is 5.32 Å². The first-order valence-electron chi connectivity index (χ1n) is 5.86. The Kier molecular flexibility index (Phi) is 4.44. The van der Waals surface area contributed by atoms with Crippen molar-refractivity contribution in [1.82, 2.24) is 4.57 Å². The Morgan fingerprint density at radius 3 is 2.71 bits per heavy atom. The van der Waals surface area contributed by atoms with Crippen molar-refractivity contribution in [2.45, 2.75) is 13.5 Å². The maximum atomic E-state index is 12.0. The van der Waals surface area contributed by atoms with Gasteiger partial charge < -0.3 is 10.4 Å². The Balaban J connectivity index is 2.23. The second-order valence-electron chi connectivity index (χ2n) is 4.24. The van der Waals surface area contributed by atoms with Gasteiger partial charge in [0, 0.05) is 11.1 Å². The van der Waals surface area contributed by atoms with Crippen molar-refractivity contribution in [3.05, 3.63) is 49.5 Å². The number of thiazole rings is 1. The smallest absolute Gasteiger partial charge is 0.339 e. The van der Waals surface area contributed by atoms with Gasteiger partial charge in [0.1, 0.15) is 12.1 Å². The molecular formula is C13H11ClN2O4S. The lowest BCUT2D eigenvalue weighted by atomic mass is 10.1. The van der Waals surface area contributed by atoms with Crippen LogP contribution in [0.25, 0.3) is 0 Å². The number of nitrogens with one attached hydrogen (secondary N) is 1. The molecule has 8 heteroatoms. The molecule has 0 aliphatic rings. The fourth-order valence-corrected chi connectivity index (χ4v) is 2.76. The number of benzene rings is 1. The highest BCUT2D eigenvalue weighted by molar-refractivity contribution is 7.07. The summed E-state index contributed by atoms with van der Waals surface area (Å²) in [5.74, 6) is -1.73. The molecule has 1 heterocycles. The SMILES string of the molecule is Cc1csc(=O)n1CC(=O)Nc1cccc(Cl)c1C(=O)O. The maximum absolute atomic E-state index is 12.0. The van der Waals surface area contributed by atoms with E-state index in [9.17, 15) is 14.4 Å². The first-order valence-corrected chi connectivity index (χ1v) is 7.12. The van der Waals surface area contributed by atoms with Crippen molar-refractivity contribution in [1.29, 1.82) is 0 Å². The van der Waals surface area contributed by atoms with Gasteiger partial charge in [-0.1, -0.05) is 29.0 Å². The van der Waals surface area contributed by atoms with Crippen LogP contribution in [0.4, 0.5) is 5.69 Å². The number of carbonyl (C=O) groups is 2. The van der Waals surface area contributed by atoms with Gasteiger partial charge in [-0.3, -0.25) is 14.2 Å². The van der Waals surface area contributed by atoms with Gasteiger partial charge in [-0.05, 0) is 19.1 Å². The van der Waals surface area contributed by atoms with E-state index < -0.39 is 11.9 Å². The molecule has 0 unspecified atom stereocenters. The third-order valence-electron chi connectivity index (χ3n) is 2.78. The number of amides is 1. The number of anilines is 1. The molecule has 110 valence electrons. The minimum Gasteiger partial charge on any atom is -0.478 e. The first-order chi connectivity index (χ1) is 9.90. The highest BCUT2D eigenvalue weighted by Gasteiger charge is 2.17. The number of nitrogens with zero attached hydrogens (tertiary/aromatic N) is 1. The molecule has 0 radical (unpaired) electrons. The summed E-state index contributed by atoms with van der Waals surface area (Å²) in [7, 11) is 0. The van der Waals surface area contributed by atoms with Gasteiger partial charge >= 0.3 is 10.8 Å². The Hall–Kier alpha value is -2.12. The number of carboxylic acid groups (broad SMARTS) is 1. The van der Waals surface area contributed by atoms with Crippen molar-refractivity contribution in [2.75, 3.05) is 5.32 Å². The average molecular weight is 327 g/mol. The third-order valence-corrected chi connectivity index (χ3v) is 3.98. The van der Waals surface area contributed by atoms with Crippen LogP contribution in [-0.2, 0) is 11.3 Å². The zero-order valence-corrected chi connectivity index (χ0v) is 12.5. The number of aromatic nitrogens is 1. The van der Waals surface area contributed by atoms with Gasteiger partial charge in [0.05, 0.1) is 10.7 Å². The number of halogens is 1. The van der Waals surface area contributed by atoms with Gasteiger partial charge in [-0.2, -0.15) is 0 Å². The summed E-state index contributed by atoms with van der Waals surface area (Å²) in [5.41, 5.74) is 0.590. The second kappa shape index (κ2) is 6.11. The van der Waals surface area contributed by atoms with Crippen LogP contribution in [0.5, 0.6) is 0 Å². The Bertz CT molecular complexity index is 766. The Labute approximate surface area is 128 Å². The van der Waals surface area contributed by atoms with Gasteiger partial charge in [0.15, 0.2) is 0 Å². The quantitative estimate of drug-likeness (QED) is 0.901. The van der Waals surface area contributed by atoms with Crippen molar-refractivity contribution >= 4 is 40.5 Å². The topological polar surface area (TPSA) is 88.4 Å². The highest BCUT2D eigenvalue weighted by atomic mass is 35.5. The molecule has 21 heavy (non-hydrogen) atoms. The number of carboxylic acids is 1. The van der Waals surface area contributed by atoms with Crippen molar-refractivity contribution in [3.63, 3.8) is 0 Å². The molecule has 1 amide bonds. The Morgan fingerprint density at radius 2 is 2.14 bits per heavy atom. The molecule has 1 aromatic heterocycles. The Morgan fingerprint density at radius 1 is 1.43 bits per heavy atom. The highest BCUT2D eigenvalue weighted by Crippen LogP contribution is 2.24. The minimum absolute atomic E-state index is 0.0316. The van der Waals surface area contributed by atoms with E-state index in [0.29, 0.717) is 5.69 Å². The van der Waals surface area contributed by atoms with Crippen LogP contribution in [0, 0.1) is 6.92 Å². The zero-order chi connectivity index (χ0) is 15.6. The van der Waals surface area contributed by atoms with Crippen LogP contribution in [0.3, 0.4) is 0 Å². The van der Waals surface area contributed by atoms with Crippen LogP contribution < -0.4 is 10.2 Å². The summed E-state index contributed by atoms with van der Waals surface area (Å²) < 4.78 is 1.31. The van der Waals surface area contributed by atoms with E-state index in [1.54, 1.807) is 12.3 Å². The molecule has 6 nitrogen and oxygen atoms in total. The molecule has 2 N–H and O–H groups in total. The predicted molar refractivity (Wildman–Crippen MR) is 80.4 cm³/mol. The van der Waals surface area contributed by atoms with E-state index in [-0.39, 0.29) is 27.7 Å². The second-order valence-corrected chi connectivity index (χ2v) is 5.47. The number of rotatable bonds is 4. The summed E-state index contributed by atoms with van der Waals surface area (Å²) in [4.78, 5) is 34.4. The molecule has 1 aromatic carbocycles. The summed E-state index contributed by atoms with van der Waals surface area (Å²) in [5, 5.41) is 13.3. The molecule has 0 fully saturated rings. The number of aryl methyl sites for hydroxylation is 1. The molecule has 0 atom stereocenters. The first kappa shape index (κ1) is 15.3. The van der Waals surface area contributed by atoms with Crippen molar-refractivity contribution < 1.29 is 14.7 Å². The van der Waals surface area contributed by atoms with Gasteiger partial charge in [-0.15, -0.1) is 0 Å². The molecule has 0 bridgehead atoms. The lowest BCUT2D eigenvalue weighted by Crippen LogP contribution is -2.25. The van der Waals surface area contributed by atoms with Gasteiger partial charge in [0.25, 0.3) is 0 Å². The van der Waals surface area contributed by atoms with Gasteiger partial charge in [0.2, 0.25) is 5.91 Å². The van der Waals surface area contributed by atoms with Crippen molar-refractivity contribution in [3.8, 4) is 0 Å². The molecule has 0 spiro atoms. The van der Waals surface area contributed by atoms with E-state index in [4.69, 9.17) is 16.7 Å².